The maximum absolute atomic E-state index is 11.5. The highest BCUT2D eigenvalue weighted by Gasteiger charge is 2.19. The maximum atomic E-state index is 11.5. The highest BCUT2D eigenvalue weighted by Crippen LogP contribution is 2.23. The molecule has 5 heteroatoms. The first kappa shape index (κ1) is 9.67. The summed E-state index contributed by atoms with van der Waals surface area (Å²) in [6, 6.07) is 5.06. The number of anilines is 1. The molecule has 0 aliphatic carbocycles. The first-order valence-corrected chi connectivity index (χ1v) is 4.53. The van der Waals surface area contributed by atoms with E-state index in [0.717, 1.165) is 16.3 Å². The van der Waals surface area contributed by atoms with Gasteiger partial charge in [-0.1, -0.05) is 0 Å². The topological polar surface area (TPSA) is 75.4 Å². The Labute approximate surface area is 86.8 Å². The normalized spacial score (nSPS) is 13.3. The number of hydrogen-bond donors (Lipinski definition) is 2. The van der Waals surface area contributed by atoms with Crippen molar-refractivity contribution in [3.05, 3.63) is 29.3 Å². The molecule has 0 atom stereocenters. The van der Waals surface area contributed by atoms with Gasteiger partial charge in [0.2, 0.25) is 5.91 Å². The van der Waals surface area contributed by atoms with Crippen LogP contribution in [0.15, 0.2) is 18.2 Å². The Hall–Kier alpha value is -1.88. The second-order valence-corrected chi connectivity index (χ2v) is 3.51. The van der Waals surface area contributed by atoms with Crippen LogP contribution in [0.25, 0.3) is 0 Å². The van der Waals surface area contributed by atoms with Crippen LogP contribution in [0, 0.1) is 0 Å². The SMILES string of the molecule is CN(N)C(=O)c1ccc2c(c1)CC(=O)N2. The Morgan fingerprint density at radius 2 is 2.27 bits per heavy atom. The summed E-state index contributed by atoms with van der Waals surface area (Å²) < 4.78 is 0. The summed E-state index contributed by atoms with van der Waals surface area (Å²) in [4.78, 5) is 22.6. The molecule has 0 spiro atoms. The second-order valence-electron chi connectivity index (χ2n) is 3.51. The lowest BCUT2D eigenvalue weighted by molar-refractivity contribution is -0.115. The van der Waals surface area contributed by atoms with Gasteiger partial charge in [-0.05, 0) is 23.8 Å². The van der Waals surface area contributed by atoms with Crippen molar-refractivity contribution < 1.29 is 9.59 Å². The fraction of sp³-hybridized carbons (Fsp3) is 0.200. The number of fused-ring (bicyclic) bond motifs is 1. The Bertz CT molecular complexity index is 440. The molecule has 2 amide bonds. The van der Waals surface area contributed by atoms with Gasteiger partial charge in [-0.15, -0.1) is 0 Å². The van der Waals surface area contributed by atoms with E-state index in [2.05, 4.69) is 5.32 Å². The summed E-state index contributed by atoms with van der Waals surface area (Å²) in [6.07, 6.45) is 0.324. The molecule has 0 saturated heterocycles. The fourth-order valence-electron chi connectivity index (χ4n) is 1.57. The van der Waals surface area contributed by atoms with Crippen molar-refractivity contribution in [1.82, 2.24) is 5.01 Å². The molecule has 78 valence electrons. The lowest BCUT2D eigenvalue weighted by Crippen LogP contribution is -2.33. The van der Waals surface area contributed by atoms with E-state index in [1.165, 1.54) is 7.05 Å². The van der Waals surface area contributed by atoms with Gasteiger partial charge in [-0.25, -0.2) is 5.84 Å². The third-order valence-corrected chi connectivity index (χ3v) is 2.30. The first-order chi connectivity index (χ1) is 7.08. The number of benzene rings is 1. The smallest absolute Gasteiger partial charge is 0.267 e. The summed E-state index contributed by atoms with van der Waals surface area (Å²) in [5.74, 6) is 5.03. The van der Waals surface area contributed by atoms with Crippen LogP contribution in [0.1, 0.15) is 15.9 Å². The molecule has 1 aromatic rings. The van der Waals surface area contributed by atoms with E-state index >= 15 is 0 Å². The van der Waals surface area contributed by atoms with Gasteiger partial charge < -0.3 is 5.32 Å². The number of nitrogens with two attached hydrogens (primary N) is 1. The highest BCUT2D eigenvalue weighted by molar-refractivity contribution is 6.01. The van der Waals surface area contributed by atoms with Crippen molar-refractivity contribution >= 4 is 17.5 Å². The summed E-state index contributed by atoms with van der Waals surface area (Å²) in [6.45, 7) is 0. The van der Waals surface area contributed by atoms with Gasteiger partial charge in [-0.3, -0.25) is 14.6 Å². The molecule has 0 bridgehead atoms. The zero-order valence-electron chi connectivity index (χ0n) is 8.28. The zero-order valence-corrected chi connectivity index (χ0v) is 8.28. The third-order valence-electron chi connectivity index (χ3n) is 2.30. The van der Waals surface area contributed by atoms with Crippen LogP contribution in [0.5, 0.6) is 0 Å². The molecule has 5 nitrogen and oxygen atoms in total. The molecule has 1 aliphatic rings. The van der Waals surface area contributed by atoms with Gasteiger partial charge in [0.1, 0.15) is 0 Å². The molecular weight excluding hydrogens is 194 g/mol. The minimum atomic E-state index is -0.267. The lowest BCUT2D eigenvalue weighted by Gasteiger charge is -2.10. The number of nitrogens with one attached hydrogen (secondary N) is 1. The molecule has 0 saturated carbocycles. The largest absolute Gasteiger partial charge is 0.326 e. The van der Waals surface area contributed by atoms with Crippen molar-refractivity contribution in [1.29, 1.82) is 0 Å². The Morgan fingerprint density at radius 1 is 1.53 bits per heavy atom. The van der Waals surface area contributed by atoms with Crippen LogP contribution in [0.4, 0.5) is 5.69 Å². The average molecular weight is 205 g/mol. The predicted molar refractivity (Wildman–Crippen MR) is 55.1 cm³/mol. The Morgan fingerprint density at radius 3 is 2.93 bits per heavy atom. The summed E-state index contributed by atoms with van der Waals surface area (Å²) in [5.41, 5.74) is 2.11. The number of amides is 2. The van der Waals surface area contributed by atoms with E-state index in [4.69, 9.17) is 5.84 Å². The van der Waals surface area contributed by atoms with Crippen molar-refractivity contribution in [2.24, 2.45) is 5.84 Å². The minimum absolute atomic E-state index is 0.0456. The molecule has 0 fully saturated rings. The molecule has 2 rings (SSSR count). The predicted octanol–water partition coefficient (Wildman–Crippen LogP) is 0.127. The van der Waals surface area contributed by atoms with Gasteiger partial charge in [-0.2, -0.15) is 0 Å². The number of nitrogens with zero attached hydrogens (tertiary/aromatic N) is 1. The van der Waals surface area contributed by atoms with Gasteiger partial charge in [0.15, 0.2) is 0 Å². The number of carbonyl (C=O) groups excluding carboxylic acids is 2. The lowest BCUT2D eigenvalue weighted by atomic mass is 10.1. The van der Waals surface area contributed by atoms with E-state index in [0.29, 0.717) is 12.0 Å². The second kappa shape index (κ2) is 3.36. The molecule has 0 radical (unpaired) electrons. The monoisotopic (exact) mass is 205 g/mol. The van der Waals surface area contributed by atoms with Crippen LogP contribution in [0.2, 0.25) is 0 Å². The van der Waals surface area contributed by atoms with Crippen LogP contribution in [-0.4, -0.2) is 23.9 Å². The van der Waals surface area contributed by atoms with E-state index in [9.17, 15) is 9.59 Å². The van der Waals surface area contributed by atoms with E-state index < -0.39 is 0 Å². The number of hydrogen-bond acceptors (Lipinski definition) is 3. The minimum Gasteiger partial charge on any atom is -0.326 e. The molecule has 1 aliphatic heterocycles. The molecular formula is C10H11N3O2. The molecule has 3 N–H and O–H groups in total. The maximum Gasteiger partial charge on any atom is 0.267 e. The van der Waals surface area contributed by atoms with Crippen LogP contribution in [0.3, 0.4) is 0 Å². The van der Waals surface area contributed by atoms with Crippen LogP contribution >= 0.6 is 0 Å². The van der Waals surface area contributed by atoms with Crippen molar-refractivity contribution in [2.45, 2.75) is 6.42 Å². The molecule has 15 heavy (non-hydrogen) atoms. The van der Waals surface area contributed by atoms with Crippen molar-refractivity contribution in [3.8, 4) is 0 Å². The number of rotatable bonds is 1. The van der Waals surface area contributed by atoms with E-state index in [-0.39, 0.29) is 11.8 Å². The summed E-state index contributed by atoms with van der Waals surface area (Å²) >= 11 is 0. The van der Waals surface area contributed by atoms with E-state index in [1.807, 2.05) is 0 Å². The fourth-order valence-corrected chi connectivity index (χ4v) is 1.57. The number of hydrazine groups is 1. The number of carbonyl (C=O) groups is 2. The highest BCUT2D eigenvalue weighted by atomic mass is 16.2. The Balaban J connectivity index is 2.35. The van der Waals surface area contributed by atoms with Crippen molar-refractivity contribution in [3.63, 3.8) is 0 Å². The summed E-state index contributed by atoms with van der Waals surface area (Å²) in [7, 11) is 1.49. The van der Waals surface area contributed by atoms with E-state index in [1.54, 1.807) is 18.2 Å². The van der Waals surface area contributed by atoms with Crippen LogP contribution in [-0.2, 0) is 11.2 Å². The quantitative estimate of drug-likeness (QED) is 0.388. The van der Waals surface area contributed by atoms with Crippen molar-refractivity contribution in [2.75, 3.05) is 12.4 Å². The first-order valence-electron chi connectivity index (χ1n) is 4.53. The van der Waals surface area contributed by atoms with Gasteiger partial charge in [0, 0.05) is 18.3 Å². The Kier molecular flexibility index (Phi) is 2.17. The van der Waals surface area contributed by atoms with Gasteiger partial charge >= 0.3 is 0 Å². The molecule has 1 heterocycles. The van der Waals surface area contributed by atoms with Gasteiger partial charge in [0.25, 0.3) is 5.91 Å². The molecule has 0 aromatic heterocycles. The average Bonchev–Trinajstić information content (AvgIpc) is 2.55. The van der Waals surface area contributed by atoms with Gasteiger partial charge in [0.05, 0.1) is 6.42 Å². The zero-order chi connectivity index (χ0) is 11.0. The van der Waals surface area contributed by atoms with Crippen LogP contribution < -0.4 is 11.2 Å². The summed E-state index contributed by atoms with van der Waals surface area (Å²) in [5, 5.41) is 3.72. The molecule has 0 unspecified atom stereocenters. The standard InChI is InChI=1S/C10H11N3O2/c1-13(11)10(15)6-2-3-8-7(4-6)5-9(14)12-8/h2-4H,5,11H2,1H3,(H,12,14). The third kappa shape index (κ3) is 1.69. The molecule has 1 aromatic carbocycles.